The van der Waals surface area contributed by atoms with Gasteiger partial charge in [0.25, 0.3) is 0 Å². The van der Waals surface area contributed by atoms with E-state index in [0.717, 1.165) is 0 Å². The number of amides is 1. The lowest BCUT2D eigenvalue weighted by atomic mass is 10.1. The van der Waals surface area contributed by atoms with Crippen LogP contribution in [0.1, 0.15) is 41.0 Å². The van der Waals surface area contributed by atoms with E-state index in [1.807, 2.05) is 0 Å². The van der Waals surface area contributed by atoms with E-state index in [0.29, 0.717) is 17.5 Å². The Morgan fingerprint density at radius 3 is 2.47 bits per heavy atom. The number of H-pyrrole nitrogens is 1. The van der Waals surface area contributed by atoms with Crippen LogP contribution in [-0.2, 0) is 20.8 Å². The minimum Gasteiger partial charge on any atom is -0.464 e. The molecule has 0 aliphatic carbocycles. The van der Waals surface area contributed by atoms with Crippen LogP contribution in [0.5, 0.6) is 0 Å². The zero-order chi connectivity index (χ0) is 22.5. The third-order valence-electron chi connectivity index (χ3n) is 4.25. The summed E-state index contributed by atoms with van der Waals surface area (Å²) < 4.78 is 11.8. The first kappa shape index (κ1) is 23.2. The summed E-state index contributed by atoms with van der Waals surface area (Å²) in [7, 11) is 0. The van der Waals surface area contributed by atoms with E-state index >= 15 is 0 Å². The molecule has 0 aliphatic rings. The molecule has 2 N–H and O–H groups in total. The third-order valence-corrected chi connectivity index (χ3v) is 4.25. The first-order valence-electron chi connectivity index (χ1n) is 9.87. The number of aryl methyl sites for hydroxylation is 1. The van der Waals surface area contributed by atoms with Crippen LogP contribution in [0.4, 0.5) is 4.79 Å². The predicted octanol–water partition coefficient (Wildman–Crippen LogP) is 2.17. The Labute approximate surface area is 174 Å². The Bertz CT molecular complexity index is 1020. The molecule has 0 saturated carbocycles. The molecule has 0 fully saturated rings. The summed E-state index contributed by atoms with van der Waals surface area (Å²) in [6, 6.07) is 6.12. The Balaban J connectivity index is 1.97. The van der Waals surface area contributed by atoms with Crippen LogP contribution in [-0.4, -0.2) is 39.9 Å². The monoisotopic (exact) mass is 419 g/mol. The molecule has 0 bridgehead atoms. The molecule has 1 aromatic carbocycles. The van der Waals surface area contributed by atoms with E-state index in [2.05, 4.69) is 10.3 Å². The lowest BCUT2D eigenvalue weighted by molar-refractivity contribution is -0.147. The molecule has 164 valence electrons. The Kier molecular flexibility index (Phi) is 7.42. The molecule has 0 spiro atoms. The van der Waals surface area contributed by atoms with Crippen molar-refractivity contribution in [2.24, 2.45) is 5.92 Å². The number of hydrogen-bond acceptors (Lipinski definition) is 6. The number of ether oxygens (including phenoxy) is 2. The number of aromatic amines is 1. The number of nitrogens with one attached hydrogen (secondary N) is 2. The van der Waals surface area contributed by atoms with E-state index in [1.54, 1.807) is 58.9 Å². The standard InChI is InChI=1S/C21H29N3O6/c1-13(2)16(23-20(28)30-21(3,4)5)19(27)29-12-8-11-24-15-10-7-6-9-14(15)22-17(25)18(24)26/h6-7,9-10,13,16H,8,11-12H2,1-5H3,(H,22,25)(H,23,28)/t16-/m0/s1. The number of benzene rings is 1. The van der Waals surface area contributed by atoms with Crippen LogP contribution >= 0.6 is 0 Å². The molecule has 0 saturated heterocycles. The fraction of sp³-hybridized carbons (Fsp3) is 0.524. The average molecular weight is 419 g/mol. The maximum atomic E-state index is 12.4. The molecule has 2 rings (SSSR count). The first-order chi connectivity index (χ1) is 14.0. The molecule has 9 nitrogen and oxygen atoms in total. The largest absolute Gasteiger partial charge is 0.464 e. The van der Waals surface area contributed by atoms with Gasteiger partial charge >= 0.3 is 23.2 Å². The van der Waals surface area contributed by atoms with Gasteiger partial charge in [-0.15, -0.1) is 0 Å². The van der Waals surface area contributed by atoms with Gasteiger partial charge in [-0.1, -0.05) is 26.0 Å². The highest BCUT2D eigenvalue weighted by atomic mass is 16.6. The molecule has 1 atom stereocenters. The van der Waals surface area contributed by atoms with Gasteiger partial charge in [0.15, 0.2) is 0 Å². The second-order valence-electron chi connectivity index (χ2n) is 8.32. The van der Waals surface area contributed by atoms with Crippen molar-refractivity contribution in [3.8, 4) is 0 Å². The first-order valence-corrected chi connectivity index (χ1v) is 9.87. The lowest BCUT2D eigenvalue weighted by Crippen LogP contribution is -2.47. The molecule has 30 heavy (non-hydrogen) atoms. The minimum atomic E-state index is -0.858. The summed E-state index contributed by atoms with van der Waals surface area (Å²) in [6.45, 7) is 9.01. The summed E-state index contributed by atoms with van der Waals surface area (Å²) in [6.07, 6.45) is -0.365. The van der Waals surface area contributed by atoms with Crippen LogP contribution in [0.2, 0.25) is 0 Å². The van der Waals surface area contributed by atoms with Crippen LogP contribution in [0.15, 0.2) is 33.9 Å². The quantitative estimate of drug-likeness (QED) is 0.403. The highest BCUT2D eigenvalue weighted by Gasteiger charge is 2.28. The number of para-hydroxylation sites is 2. The highest BCUT2D eigenvalue weighted by molar-refractivity contribution is 5.81. The molecule has 0 unspecified atom stereocenters. The number of carbonyl (C=O) groups is 2. The van der Waals surface area contributed by atoms with E-state index in [9.17, 15) is 19.2 Å². The molecular weight excluding hydrogens is 390 g/mol. The van der Waals surface area contributed by atoms with Crippen molar-refractivity contribution in [3.63, 3.8) is 0 Å². The van der Waals surface area contributed by atoms with Crippen LogP contribution < -0.4 is 16.4 Å². The Hall–Kier alpha value is -3.10. The number of hydrogen-bond donors (Lipinski definition) is 2. The van der Waals surface area contributed by atoms with Crippen LogP contribution in [0, 0.1) is 5.92 Å². The van der Waals surface area contributed by atoms with Crippen molar-refractivity contribution in [1.82, 2.24) is 14.9 Å². The molecule has 0 radical (unpaired) electrons. The zero-order valence-electron chi connectivity index (χ0n) is 18.0. The molecule has 9 heteroatoms. The predicted molar refractivity (Wildman–Crippen MR) is 112 cm³/mol. The third kappa shape index (κ3) is 6.20. The van der Waals surface area contributed by atoms with E-state index in [-0.39, 0.29) is 19.1 Å². The Morgan fingerprint density at radius 2 is 1.83 bits per heavy atom. The van der Waals surface area contributed by atoms with Gasteiger partial charge in [0.05, 0.1) is 17.6 Å². The van der Waals surface area contributed by atoms with Gasteiger partial charge in [-0.25, -0.2) is 9.59 Å². The van der Waals surface area contributed by atoms with E-state index < -0.39 is 34.8 Å². The summed E-state index contributed by atoms with van der Waals surface area (Å²) in [5, 5.41) is 2.54. The number of nitrogens with zero attached hydrogens (tertiary/aromatic N) is 1. The van der Waals surface area contributed by atoms with E-state index in [1.165, 1.54) is 4.57 Å². The van der Waals surface area contributed by atoms with Crippen molar-refractivity contribution in [3.05, 3.63) is 45.0 Å². The van der Waals surface area contributed by atoms with Crippen LogP contribution in [0.3, 0.4) is 0 Å². The smallest absolute Gasteiger partial charge is 0.408 e. The summed E-state index contributed by atoms with van der Waals surface area (Å²) in [4.78, 5) is 51.0. The summed E-state index contributed by atoms with van der Waals surface area (Å²) >= 11 is 0. The average Bonchev–Trinajstić information content (AvgIpc) is 2.64. The van der Waals surface area contributed by atoms with Gasteiger partial charge in [0.1, 0.15) is 11.6 Å². The van der Waals surface area contributed by atoms with Gasteiger partial charge in [-0.05, 0) is 45.2 Å². The number of carbonyl (C=O) groups excluding carboxylic acids is 2. The number of aromatic nitrogens is 2. The second-order valence-corrected chi connectivity index (χ2v) is 8.32. The fourth-order valence-corrected chi connectivity index (χ4v) is 2.86. The second kappa shape index (κ2) is 9.60. The maximum Gasteiger partial charge on any atom is 0.408 e. The molecule has 1 amide bonds. The fourth-order valence-electron chi connectivity index (χ4n) is 2.86. The minimum absolute atomic E-state index is 0.0334. The van der Waals surface area contributed by atoms with E-state index in [4.69, 9.17) is 9.47 Å². The SMILES string of the molecule is CC(C)[C@H](NC(=O)OC(C)(C)C)C(=O)OCCCn1c(=O)c(=O)[nH]c2ccccc21. The number of rotatable bonds is 7. The summed E-state index contributed by atoms with van der Waals surface area (Å²) in [5.41, 5.74) is -0.890. The Morgan fingerprint density at radius 1 is 1.17 bits per heavy atom. The number of fused-ring (bicyclic) bond motifs is 1. The lowest BCUT2D eigenvalue weighted by Gasteiger charge is -2.24. The number of alkyl carbamates (subject to hydrolysis) is 1. The topological polar surface area (TPSA) is 119 Å². The van der Waals surface area contributed by atoms with Crippen molar-refractivity contribution >= 4 is 23.1 Å². The molecular formula is C21H29N3O6. The van der Waals surface area contributed by atoms with Gasteiger partial charge in [0, 0.05) is 6.54 Å². The van der Waals surface area contributed by atoms with Crippen molar-refractivity contribution < 1.29 is 19.1 Å². The molecule has 1 aromatic heterocycles. The van der Waals surface area contributed by atoms with Crippen LogP contribution in [0.25, 0.3) is 11.0 Å². The van der Waals surface area contributed by atoms with Crippen molar-refractivity contribution in [2.45, 2.75) is 59.2 Å². The normalized spacial score (nSPS) is 12.6. The van der Waals surface area contributed by atoms with Gasteiger partial charge in [-0.3, -0.25) is 9.59 Å². The summed E-state index contributed by atoms with van der Waals surface area (Å²) in [5.74, 6) is -0.789. The highest BCUT2D eigenvalue weighted by Crippen LogP contribution is 2.11. The molecule has 0 aliphatic heterocycles. The maximum absolute atomic E-state index is 12.4. The van der Waals surface area contributed by atoms with Crippen molar-refractivity contribution in [2.75, 3.05) is 6.61 Å². The van der Waals surface area contributed by atoms with Gasteiger partial charge in [-0.2, -0.15) is 0 Å². The number of esters is 1. The molecule has 2 aromatic rings. The van der Waals surface area contributed by atoms with Gasteiger partial charge in [0.2, 0.25) is 0 Å². The van der Waals surface area contributed by atoms with Gasteiger partial charge < -0.3 is 24.3 Å². The van der Waals surface area contributed by atoms with Crippen molar-refractivity contribution in [1.29, 1.82) is 0 Å². The zero-order valence-corrected chi connectivity index (χ0v) is 18.0. The molecule has 1 heterocycles.